The van der Waals surface area contributed by atoms with E-state index < -0.39 is 5.97 Å². The van der Waals surface area contributed by atoms with Crippen LogP contribution in [-0.4, -0.2) is 29.2 Å². The van der Waals surface area contributed by atoms with Gasteiger partial charge >= 0.3 is 12.0 Å². The molecule has 1 saturated carbocycles. The third kappa shape index (κ3) is 4.51. The zero-order valence-electron chi connectivity index (χ0n) is 9.82. The Morgan fingerprint density at radius 1 is 1.38 bits per heavy atom. The molecule has 2 unspecified atom stereocenters. The molecule has 5 nitrogen and oxygen atoms in total. The van der Waals surface area contributed by atoms with E-state index >= 15 is 0 Å². The molecule has 0 bridgehead atoms. The number of aliphatic carboxylic acids is 1. The van der Waals surface area contributed by atoms with Gasteiger partial charge in [0.25, 0.3) is 0 Å². The van der Waals surface area contributed by atoms with Crippen molar-refractivity contribution in [2.45, 2.75) is 51.6 Å². The minimum Gasteiger partial charge on any atom is -0.481 e. The minimum absolute atomic E-state index is 0.0261. The lowest BCUT2D eigenvalue weighted by Crippen LogP contribution is -2.46. The highest BCUT2D eigenvalue weighted by atomic mass is 16.4. The van der Waals surface area contributed by atoms with E-state index in [1.54, 1.807) is 0 Å². The monoisotopic (exact) mass is 228 g/mol. The number of urea groups is 1. The van der Waals surface area contributed by atoms with Crippen LogP contribution in [0.3, 0.4) is 0 Å². The molecule has 5 heteroatoms. The molecule has 1 rings (SSSR count). The lowest BCUT2D eigenvalue weighted by atomic mass is 10.1. The van der Waals surface area contributed by atoms with E-state index in [0.717, 1.165) is 0 Å². The summed E-state index contributed by atoms with van der Waals surface area (Å²) in [4.78, 5) is 22.0. The third-order valence-corrected chi connectivity index (χ3v) is 2.94. The number of nitrogens with one attached hydrogen (secondary N) is 2. The van der Waals surface area contributed by atoms with Gasteiger partial charge in [0.15, 0.2) is 0 Å². The molecule has 0 spiro atoms. The van der Waals surface area contributed by atoms with Crippen molar-refractivity contribution in [3.63, 3.8) is 0 Å². The van der Waals surface area contributed by atoms with E-state index in [9.17, 15) is 9.59 Å². The van der Waals surface area contributed by atoms with Crippen LogP contribution in [-0.2, 0) is 4.79 Å². The van der Waals surface area contributed by atoms with Crippen LogP contribution in [0.2, 0.25) is 0 Å². The molecule has 0 aromatic heterocycles. The van der Waals surface area contributed by atoms with Gasteiger partial charge in [-0.05, 0) is 32.1 Å². The van der Waals surface area contributed by atoms with Gasteiger partial charge in [-0.2, -0.15) is 0 Å². The average molecular weight is 228 g/mol. The molecule has 1 fully saturated rings. The van der Waals surface area contributed by atoms with E-state index in [4.69, 9.17) is 5.11 Å². The minimum atomic E-state index is -0.887. The van der Waals surface area contributed by atoms with Gasteiger partial charge in [-0.3, -0.25) is 4.79 Å². The summed E-state index contributed by atoms with van der Waals surface area (Å²) in [6.07, 6.45) is 2.95. The Labute approximate surface area is 95.6 Å². The first-order chi connectivity index (χ1) is 7.52. The fraction of sp³-hybridized carbons (Fsp3) is 0.818. The summed E-state index contributed by atoms with van der Waals surface area (Å²) in [6, 6.07) is -0.362. The highest BCUT2D eigenvalue weighted by Crippen LogP contribution is 2.32. The maximum atomic E-state index is 11.5. The molecule has 16 heavy (non-hydrogen) atoms. The summed E-state index contributed by atoms with van der Waals surface area (Å²) < 4.78 is 0. The average Bonchev–Trinajstić information content (AvgIpc) is 2.98. The second kappa shape index (κ2) is 5.72. The van der Waals surface area contributed by atoms with Gasteiger partial charge in [0.1, 0.15) is 0 Å². The Balaban J connectivity index is 2.27. The van der Waals surface area contributed by atoms with Crippen LogP contribution in [0.5, 0.6) is 0 Å². The Morgan fingerprint density at radius 2 is 2.00 bits per heavy atom. The third-order valence-electron chi connectivity index (χ3n) is 2.94. The summed E-state index contributed by atoms with van der Waals surface area (Å²) in [7, 11) is 0. The summed E-state index contributed by atoms with van der Waals surface area (Å²) in [5.74, 6) is -0.285. The Kier molecular flexibility index (Phi) is 4.58. The van der Waals surface area contributed by atoms with Crippen molar-refractivity contribution in [2.24, 2.45) is 5.92 Å². The number of carboxylic acid groups (broad SMARTS) is 1. The van der Waals surface area contributed by atoms with Gasteiger partial charge < -0.3 is 15.7 Å². The topological polar surface area (TPSA) is 78.4 Å². The van der Waals surface area contributed by atoms with Crippen molar-refractivity contribution in [2.75, 3.05) is 0 Å². The Hall–Kier alpha value is -1.26. The number of amides is 2. The van der Waals surface area contributed by atoms with Crippen molar-refractivity contribution < 1.29 is 14.7 Å². The molecule has 1 aliphatic carbocycles. The first kappa shape index (κ1) is 12.8. The zero-order chi connectivity index (χ0) is 12.1. The lowest BCUT2D eigenvalue weighted by molar-refractivity contribution is -0.137. The Morgan fingerprint density at radius 3 is 2.44 bits per heavy atom. The summed E-state index contributed by atoms with van der Waals surface area (Å²) in [5.41, 5.74) is 0. The smallest absolute Gasteiger partial charge is 0.315 e. The molecule has 1 aliphatic rings. The van der Waals surface area contributed by atoms with Gasteiger partial charge in [0, 0.05) is 12.1 Å². The number of carbonyl (C=O) groups excluding carboxylic acids is 1. The maximum Gasteiger partial charge on any atom is 0.315 e. The number of carbonyl (C=O) groups is 2. The number of rotatable bonds is 6. The molecule has 0 aromatic rings. The lowest BCUT2D eigenvalue weighted by Gasteiger charge is -2.18. The fourth-order valence-electron chi connectivity index (χ4n) is 1.66. The number of hydrogen-bond acceptors (Lipinski definition) is 2. The largest absolute Gasteiger partial charge is 0.481 e. The number of hydrogen-bond donors (Lipinski definition) is 3. The predicted octanol–water partition coefficient (Wildman–Crippen LogP) is 1.34. The molecule has 0 radical (unpaired) electrons. The second-order valence-corrected chi connectivity index (χ2v) is 4.45. The zero-order valence-corrected chi connectivity index (χ0v) is 9.82. The van der Waals surface area contributed by atoms with Crippen molar-refractivity contribution >= 4 is 12.0 Å². The Bertz CT molecular complexity index is 264. The van der Waals surface area contributed by atoms with Crippen molar-refractivity contribution in [1.82, 2.24) is 10.6 Å². The molecular weight excluding hydrogens is 208 g/mol. The van der Waals surface area contributed by atoms with Gasteiger partial charge in [-0.1, -0.05) is 6.92 Å². The standard InChI is InChI=1S/C11H20N2O3/c1-3-9(6-10(14)15)13-11(16)12-7(2)8-4-5-8/h7-9H,3-6H2,1-2H3,(H,14,15)(H2,12,13,16). The van der Waals surface area contributed by atoms with Crippen molar-refractivity contribution in [3.05, 3.63) is 0 Å². The van der Waals surface area contributed by atoms with Gasteiger partial charge in [-0.15, -0.1) is 0 Å². The second-order valence-electron chi connectivity index (χ2n) is 4.45. The molecule has 2 atom stereocenters. The van der Waals surface area contributed by atoms with Crippen LogP contribution >= 0.6 is 0 Å². The summed E-state index contributed by atoms with van der Waals surface area (Å²) >= 11 is 0. The van der Waals surface area contributed by atoms with Gasteiger partial charge in [0.2, 0.25) is 0 Å². The molecule has 92 valence electrons. The highest BCUT2D eigenvalue weighted by Gasteiger charge is 2.29. The maximum absolute atomic E-state index is 11.5. The summed E-state index contributed by atoms with van der Waals surface area (Å²) in [6.45, 7) is 3.84. The molecular formula is C11H20N2O3. The molecule has 3 N–H and O–H groups in total. The van der Waals surface area contributed by atoms with Crippen molar-refractivity contribution in [1.29, 1.82) is 0 Å². The van der Waals surface area contributed by atoms with Crippen LogP contribution < -0.4 is 10.6 Å². The summed E-state index contributed by atoms with van der Waals surface area (Å²) in [5, 5.41) is 14.2. The van der Waals surface area contributed by atoms with Crippen molar-refractivity contribution in [3.8, 4) is 0 Å². The van der Waals surface area contributed by atoms with E-state index in [1.807, 2.05) is 13.8 Å². The van der Waals surface area contributed by atoms with Crippen LogP contribution in [0.25, 0.3) is 0 Å². The van der Waals surface area contributed by atoms with Gasteiger partial charge in [0.05, 0.1) is 6.42 Å². The van der Waals surface area contributed by atoms with Gasteiger partial charge in [-0.25, -0.2) is 4.79 Å². The molecule has 0 aliphatic heterocycles. The highest BCUT2D eigenvalue weighted by molar-refractivity contribution is 5.76. The van der Waals surface area contributed by atoms with Crippen LogP contribution in [0.4, 0.5) is 4.79 Å². The first-order valence-corrected chi connectivity index (χ1v) is 5.81. The number of carboxylic acids is 1. The van der Waals surface area contributed by atoms with E-state index in [2.05, 4.69) is 10.6 Å². The first-order valence-electron chi connectivity index (χ1n) is 5.81. The SMILES string of the molecule is CCC(CC(=O)O)NC(=O)NC(C)C1CC1. The molecule has 0 saturated heterocycles. The van der Waals surface area contributed by atoms with E-state index in [1.165, 1.54) is 12.8 Å². The quantitative estimate of drug-likeness (QED) is 0.642. The molecule has 2 amide bonds. The predicted molar refractivity (Wildman–Crippen MR) is 60.2 cm³/mol. The molecule has 0 heterocycles. The molecule has 0 aromatic carbocycles. The fourth-order valence-corrected chi connectivity index (χ4v) is 1.66. The van der Waals surface area contributed by atoms with Crippen LogP contribution in [0.1, 0.15) is 39.5 Å². The van der Waals surface area contributed by atoms with Crippen LogP contribution in [0.15, 0.2) is 0 Å². The normalized spacial score (nSPS) is 18.6. The van der Waals surface area contributed by atoms with E-state index in [-0.39, 0.29) is 24.5 Å². The van der Waals surface area contributed by atoms with E-state index in [0.29, 0.717) is 12.3 Å². The van der Waals surface area contributed by atoms with Crippen LogP contribution in [0, 0.1) is 5.92 Å².